The van der Waals surface area contributed by atoms with E-state index in [9.17, 15) is 18.0 Å². The average molecular weight is 534 g/mol. The van der Waals surface area contributed by atoms with Gasteiger partial charge in [0.25, 0.3) is 15.9 Å². The van der Waals surface area contributed by atoms with Crippen LogP contribution >= 0.6 is 11.6 Å². The lowest BCUT2D eigenvalue weighted by Gasteiger charge is -2.26. The first-order valence-corrected chi connectivity index (χ1v) is 14.2. The van der Waals surface area contributed by atoms with Crippen molar-refractivity contribution in [3.8, 4) is 5.75 Å². The van der Waals surface area contributed by atoms with Crippen molar-refractivity contribution < 1.29 is 22.7 Å². The number of hydrogen-bond donors (Lipinski definition) is 3. The second-order valence-electron chi connectivity index (χ2n) is 9.58. The molecule has 1 heterocycles. The van der Waals surface area contributed by atoms with Gasteiger partial charge in [-0.2, -0.15) is 0 Å². The molecule has 3 amide bonds. The van der Waals surface area contributed by atoms with Gasteiger partial charge in [0.05, 0.1) is 17.1 Å². The fraction of sp³-hybridized carbons (Fsp3) is 0.462. The number of rotatable bonds is 7. The van der Waals surface area contributed by atoms with Crippen LogP contribution in [-0.2, 0) is 22.9 Å². The number of halogens is 1. The molecule has 0 spiro atoms. The van der Waals surface area contributed by atoms with Crippen LogP contribution in [0.15, 0.2) is 41.3 Å². The zero-order valence-electron chi connectivity index (χ0n) is 20.3. The largest absolute Gasteiger partial charge is 0.492 e. The third-order valence-corrected chi connectivity index (χ3v) is 8.29. The van der Waals surface area contributed by atoms with Gasteiger partial charge in [-0.15, -0.1) is 0 Å². The average Bonchev–Trinajstić information content (AvgIpc) is 2.85. The summed E-state index contributed by atoms with van der Waals surface area (Å²) < 4.78 is 33.0. The minimum atomic E-state index is -3.98. The van der Waals surface area contributed by atoms with Crippen LogP contribution in [0.2, 0.25) is 5.02 Å². The molecule has 0 atom stereocenters. The lowest BCUT2D eigenvalue weighted by molar-refractivity contribution is 0.0949. The van der Waals surface area contributed by atoms with E-state index in [1.54, 1.807) is 18.2 Å². The van der Waals surface area contributed by atoms with E-state index in [2.05, 4.69) is 22.3 Å². The van der Waals surface area contributed by atoms with E-state index in [4.69, 9.17) is 16.3 Å². The van der Waals surface area contributed by atoms with E-state index in [1.807, 2.05) is 6.07 Å². The second kappa shape index (κ2) is 11.5. The summed E-state index contributed by atoms with van der Waals surface area (Å²) in [6, 6.07) is 8.99. The van der Waals surface area contributed by atoms with Gasteiger partial charge in [0, 0.05) is 17.6 Å². The van der Waals surface area contributed by atoms with Crippen molar-refractivity contribution in [1.29, 1.82) is 0 Å². The molecule has 0 bridgehead atoms. The van der Waals surface area contributed by atoms with Gasteiger partial charge >= 0.3 is 6.03 Å². The molecule has 1 aliphatic heterocycles. The number of nitrogens with one attached hydrogen (secondary N) is 3. The van der Waals surface area contributed by atoms with E-state index in [-0.39, 0.29) is 16.8 Å². The minimum absolute atomic E-state index is 0.00189. The Morgan fingerprint density at radius 3 is 2.53 bits per heavy atom. The molecule has 2 aromatic carbocycles. The summed E-state index contributed by atoms with van der Waals surface area (Å²) in [6.45, 7) is 3.10. The monoisotopic (exact) mass is 533 g/mol. The van der Waals surface area contributed by atoms with Gasteiger partial charge in [-0.05, 0) is 86.3 Å². The topological polar surface area (TPSA) is 114 Å². The Bertz CT molecular complexity index is 1210. The number of carbonyl (C=O) groups is 2. The number of amides is 3. The van der Waals surface area contributed by atoms with Gasteiger partial charge in [-0.1, -0.05) is 30.7 Å². The molecule has 0 saturated heterocycles. The van der Waals surface area contributed by atoms with E-state index in [1.165, 1.54) is 12.1 Å². The van der Waals surface area contributed by atoms with E-state index in [0.29, 0.717) is 41.8 Å². The zero-order chi connectivity index (χ0) is 25.7. The number of ether oxygens (including phenoxy) is 1. The first kappa shape index (κ1) is 26.3. The molecule has 1 fully saturated rings. The summed E-state index contributed by atoms with van der Waals surface area (Å²) in [6.07, 6.45) is 5.97. The van der Waals surface area contributed by atoms with Crippen molar-refractivity contribution >= 4 is 33.6 Å². The summed E-state index contributed by atoms with van der Waals surface area (Å²) in [7, 11) is -3.98. The van der Waals surface area contributed by atoms with Crippen molar-refractivity contribution in [2.75, 3.05) is 13.2 Å². The lowest BCUT2D eigenvalue weighted by Crippen LogP contribution is -2.45. The van der Waals surface area contributed by atoms with Crippen LogP contribution in [0.3, 0.4) is 0 Å². The van der Waals surface area contributed by atoms with Crippen LogP contribution in [0, 0.1) is 5.92 Å². The maximum absolute atomic E-state index is 12.7. The Balaban J connectivity index is 1.28. The quantitative estimate of drug-likeness (QED) is 0.493. The van der Waals surface area contributed by atoms with Crippen LogP contribution < -0.4 is 20.1 Å². The molecule has 0 aromatic heterocycles. The normalized spacial score (nSPS) is 19.5. The van der Waals surface area contributed by atoms with Crippen LogP contribution in [0.25, 0.3) is 0 Å². The number of sulfonamides is 1. The van der Waals surface area contributed by atoms with Crippen molar-refractivity contribution in [3.05, 3.63) is 58.1 Å². The zero-order valence-corrected chi connectivity index (χ0v) is 21.9. The van der Waals surface area contributed by atoms with Crippen molar-refractivity contribution in [1.82, 2.24) is 15.4 Å². The van der Waals surface area contributed by atoms with Gasteiger partial charge in [-0.25, -0.2) is 17.9 Å². The molecule has 36 heavy (non-hydrogen) atoms. The molecule has 1 aliphatic carbocycles. The predicted molar refractivity (Wildman–Crippen MR) is 138 cm³/mol. The van der Waals surface area contributed by atoms with Crippen LogP contribution in [0.5, 0.6) is 5.75 Å². The van der Waals surface area contributed by atoms with Gasteiger partial charge in [0.15, 0.2) is 0 Å². The summed E-state index contributed by atoms with van der Waals surface area (Å²) in [5, 5.41) is 6.14. The standard InChI is InChI=1S/C26H32ClN3O5S/c1-17-4-8-21(9-5-17)29-26(32)30-36(33,34)22-10-6-18(7-11-22)12-13-28-25(31)23-16-20(27)15-19-3-2-14-35-24(19)23/h6-7,10-11,15-17,21H,2-5,8-9,12-14H2,1H3,(H,28,31)(H2,29,30,32). The summed E-state index contributed by atoms with van der Waals surface area (Å²) in [5.74, 6) is 0.961. The maximum Gasteiger partial charge on any atom is 0.328 e. The Kier molecular flexibility index (Phi) is 8.41. The van der Waals surface area contributed by atoms with E-state index < -0.39 is 16.1 Å². The highest BCUT2D eigenvalue weighted by Crippen LogP contribution is 2.32. The van der Waals surface area contributed by atoms with E-state index in [0.717, 1.165) is 49.7 Å². The minimum Gasteiger partial charge on any atom is -0.492 e. The number of aryl methyl sites for hydroxylation is 1. The Morgan fingerprint density at radius 1 is 1.08 bits per heavy atom. The van der Waals surface area contributed by atoms with Crippen molar-refractivity contribution in [2.45, 2.75) is 62.8 Å². The molecule has 2 aliphatic rings. The van der Waals surface area contributed by atoms with Crippen LogP contribution in [-0.4, -0.2) is 39.5 Å². The first-order chi connectivity index (χ1) is 17.2. The second-order valence-corrected chi connectivity index (χ2v) is 11.7. The SMILES string of the molecule is CC1CCC(NC(=O)NS(=O)(=O)c2ccc(CCNC(=O)c3cc(Cl)cc4c3OCCC4)cc2)CC1. The highest BCUT2D eigenvalue weighted by molar-refractivity contribution is 7.90. The number of benzene rings is 2. The number of fused-ring (bicyclic) bond motifs is 1. The van der Waals surface area contributed by atoms with Crippen LogP contribution in [0.1, 0.15) is 60.5 Å². The molecule has 8 nitrogen and oxygen atoms in total. The number of hydrogen-bond acceptors (Lipinski definition) is 5. The van der Waals surface area contributed by atoms with Gasteiger partial charge < -0.3 is 15.4 Å². The Labute approximate surface area is 217 Å². The summed E-state index contributed by atoms with van der Waals surface area (Å²) >= 11 is 6.18. The first-order valence-electron chi connectivity index (χ1n) is 12.4. The number of carbonyl (C=O) groups excluding carboxylic acids is 2. The lowest BCUT2D eigenvalue weighted by atomic mass is 9.87. The predicted octanol–water partition coefficient (Wildman–Crippen LogP) is 4.20. The fourth-order valence-corrected chi connectivity index (χ4v) is 5.82. The molecule has 0 radical (unpaired) electrons. The molecule has 3 N–H and O–H groups in total. The van der Waals surface area contributed by atoms with Gasteiger partial charge in [0.2, 0.25) is 0 Å². The third-order valence-electron chi connectivity index (χ3n) is 6.72. The molecular weight excluding hydrogens is 502 g/mol. The molecule has 0 unspecified atom stereocenters. The molecule has 10 heteroatoms. The van der Waals surface area contributed by atoms with Gasteiger partial charge in [0.1, 0.15) is 5.75 Å². The molecular formula is C26H32ClN3O5S. The van der Waals surface area contributed by atoms with Crippen molar-refractivity contribution in [3.63, 3.8) is 0 Å². The third kappa shape index (κ3) is 6.70. The highest BCUT2D eigenvalue weighted by atomic mass is 35.5. The Hall–Kier alpha value is -2.78. The molecule has 194 valence electrons. The molecule has 2 aromatic rings. The summed E-state index contributed by atoms with van der Waals surface area (Å²) in [5.41, 5.74) is 2.21. The van der Waals surface area contributed by atoms with Gasteiger partial charge in [-0.3, -0.25) is 4.79 Å². The Morgan fingerprint density at radius 2 is 1.81 bits per heavy atom. The molecule has 1 saturated carbocycles. The maximum atomic E-state index is 12.7. The summed E-state index contributed by atoms with van der Waals surface area (Å²) in [4.78, 5) is 25.0. The fourth-order valence-electron chi connectivity index (χ4n) is 4.66. The van der Waals surface area contributed by atoms with Crippen molar-refractivity contribution in [2.24, 2.45) is 5.92 Å². The molecule has 4 rings (SSSR count). The van der Waals surface area contributed by atoms with Crippen LogP contribution in [0.4, 0.5) is 4.79 Å². The highest BCUT2D eigenvalue weighted by Gasteiger charge is 2.23. The number of urea groups is 1. The van der Waals surface area contributed by atoms with E-state index >= 15 is 0 Å². The smallest absolute Gasteiger partial charge is 0.328 e.